The molecule has 16 nitrogen and oxygen atoms in total. The Balaban J connectivity index is 1.86. The van der Waals surface area contributed by atoms with Gasteiger partial charge in [0, 0.05) is 14.0 Å². The van der Waals surface area contributed by atoms with Crippen LogP contribution in [-0.2, 0) is 19.0 Å². The molecular formula is C18H29N5O11. The first-order valence-electron chi connectivity index (χ1n) is 10.4. The molecule has 2 amide bonds. The van der Waals surface area contributed by atoms with Gasteiger partial charge in [-0.25, -0.2) is 4.68 Å². The molecule has 0 aliphatic carbocycles. The van der Waals surface area contributed by atoms with Crippen LogP contribution in [0.3, 0.4) is 0 Å². The van der Waals surface area contributed by atoms with E-state index in [1.807, 2.05) is 0 Å². The van der Waals surface area contributed by atoms with Gasteiger partial charge in [0.05, 0.1) is 19.4 Å². The minimum atomic E-state index is -1.67. The van der Waals surface area contributed by atoms with Gasteiger partial charge in [0.15, 0.2) is 18.3 Å². The summed E-state index contributed by atoms with van der Waals surface area (Å²) < 4.78 is 17.4. The molecule has 2 fully saturated rings. The molecule has 0 aromatic carbocycles. The summed E-state index contributed by atoms with van der Waals surface area (Å²) in [6, 6.07) is -2.63. The fourth-order valence-corrected chi connectivity index (χ4v) is 3.94. The lowest BCUT2D eigenvalue weighted by atomic mass is 9.94. The molecule has 0 spiro atoms. The molecule has 0 saturated carbocycles. The molecule has 1 aromatic rings. The number of rotatable bonds is 7. The van der Waals surface area contributed by atoms with Crippen LogP contribution in [0.5, 0.6) is 0 Å². The van der Waals surface area contributed by atoms with Crippen molar-refractivity contribution in [2.24, 2.45) is 0 Å². The fraction of sp³-hybridized carbons (Fsp3) is 0.778. The lowest BCUT2D eigenvalue weighted by Gasteiger charge is -2.47. The highest BCUT2D eigenvalue weighted by molar-refractivity contribution is 5.91. The van der Waals surface area contributed by atoms with Gasteiger partial charge in [-0.1, -0.05) is 5.21 Å². The lowest BCUT2D eigenvalue weighted by Crippen LogP contribution is -2.66. The van der Waals surface area contributed by atoms with Crippen molar-refractivity contribution in [2.75, 3.05) is 20.3 Å². The van der Waals surface area contributed by atoms with Gasteiger partial charge in [0.25, 0.3) is 5.91 Å². The Morgan fingerprint density at radius 3 is 2.35 bits per heavy atom. The molecule has 0 bridgehead atoms. The van der Waals surface area contributed by atoms with E-state index in [0.717, 1.165) is 11.6 Å². The van der Waals surface area contributed by atoms with E-state index in [9.17, 15) is 40.2 Å². The van der Waals surface area contributed by atoms with Crippen LogP contribution in [-0.4, -0.2) is 133 Å². The van der Waals surface area contributed by atoms with Crippen molar-refractivity contribution in [3.63, 3.8) is 0 Å². The number of aliphatic hydroxyl groups excluding tert-OH is 6. The smallest absolute Gasteiger partial charge is 0.273 e. The third-order valence-electron chi connectivity index (χ3n) is 5.66. The van der Waals surface area contributed by atoms with E-state index in [-0.39, 0.29) is 5.69 Å². The van der Waals surface area contributed by atoms with Crippen molar-refractivity contribution in [1.29, 1.82) is 0 Å². The lowest BCUT2D eigenvalue weighted by molar-refractivity contribution is -0.338. The van der Waals surface area contributed by atoms with Crippen LogP contribution in [0.1, 0.15) is 23.5 Å². The summed E-state index contributed by atoms with van der Waals surface area (Å²) in [4.78, 5) is 23.3. The van der Waals surface area contributed by atoms with Crippen LogP contribution in [0.2, 0.25) is 0 Å². The normalized spacial score (nSPS) is 38.4. The number of hydrogen-bond acceptors (Lipinski definition) is 13. The number of carbonyl (C=O) groups excluding carboxylic acids is 2. The molecule has 10 atom stereocenters. The topological polar surface area (TPSA) is 238 Å². The van der Waals surface area contributed by atoms with Gasteiger partial charge in [0.1, 0.15) is 48.7 Å². The number of ether oxygens (including phenoxy) is 3. The number of aromatic nitrogens is 3. The summed E-state index contributed by atoms with van der Waals surface area (Å²) in [5.74, 6) is -1.15. The molecule has 8 N–H and O–H groups in total. The summed E-state index contributed by atoms with van der Waals surface area (Å²) in [7, 11) is 1.38. The summed E-state index contributed by atoms with van der Waals surface area (Å²) >= 11 is 0. The maximum absolute atomic E-state index is 11.8. The third-order valence-corrected chi connectivity index (χ3v) is 5.66. The van der Waals surface area contributed by atoms with Crippen molar-refractivity contribution >= 4 is 11.8 Å². The van der Waals surface area contributed by atoms with Crippen molar-refractivity contribution in [2.45, 2.75) is 68.2 Å². The Hall–Kier alpha value is -2.28. The van der Waals surface area contributed by atoms with Gasteiger partial charge in [-0.3, -0.25) is 9.59 Å². The molecule has 1 aromatic heterocycles. The zero-order valence-corrected chi connectivity index (χ0v) is 18.3. The molecule has 3 heterocycles. The first kappa shape index (κ1) is 26.3. The average molecular weight is 491 g/mol. The van der Waals surface area contributed by atoms with Crippen LogP contribution >= 0.6 is 0 Å². The Kier molecular flexibility index (Phi) is 8.50. The monoisotopic (exact) mass is 491 g/mol. The summed E-state index contributed by atoms with van der Waals surface area (Å²) in [5, 5.41) is 73.8. The van der Waals surface area contributed by atoms with Crippen LogP contribution in [0, 0.1) is 0 Å². The second-order valence-electron chi connectivity index (χ2n) is 7.93. The molecule has 192 valence electrons. The number of hydrogen-bond donors (Lipinski definition) is 8. The van der Waals surface area contributed by atoms with Crippen molar-refractivity contribution < 1.29 is 54.4 Å². The highest BCUT2D eigenvalue weighted by Gasteiger charge is 2.51. The second-order valence-corrected chi connectivity index (χ2v) is 7.93. The van der Waals surface area contributed by atoms with Crippen LogP contribution < -0.4 is 10.6 Å². The molecule has 2 aliphatic heterocycles. The van der Waals surface area contributed by atoms with E-state index >= 15 is 0 Å². The van der Waals surface area contributed by atoms with E-state index in [4.69, 9.17) is 14.2 Å². The zero-order valence-electron chi connectivity index (χ0n) is 18.3. The molecule has 0 radical (unpaired) electrons. The summed E-state index contributed by atoms with van der Waals surface area (Å²) in [6.45, 7) is -0.242. The minimum absolute atomic E-state index is 0.102. The number of carbonyl (C=O) groups is 2. The molecule has 16 heteroatoms. The van der Waals surface area contributed by atoms with Gasteiger partial charge in [-0.05, 0) is 0 Å². The Labute approximate surface area is 193 Å². The van der Waals surface area contributed by atoms with E-state index in [1.54, 1.807) is 0 Å². The molecule has 2 aliphatic rings. The SMILES string of the molecule is CNC(=O)c1cn([C@H]2[C@@H](O)[C@@H](CO)O[C@@H](O[C@H]3[C@H](O)[C@@H](NC(C)=O)[C@H](O)O[C@@H]3CO)[C@@H]2O)nn1. The van der Waals surface area contributed by atoms with Crippen LogP contribution in [0.4, 0.5) is 0 Å². The predicted molar refractivity (Wildman–Crippen MR) is 107 cm³/mol. The first-order valence-corrected chi connectivity index (χ1v) is 10.4. The molecule has 0 unspecified atom stereocenters. The number of nitrogens with one attached hydrogen (secondary N) is 2. The standard InChI is InChI=1S/C18H29N5O11/c1-6(26)20-10-13(28)15(9(5-25)32-17(10)31)34-18-14(29)11(12(27)8(4-24)33-18)23-3-7(21-22-23)16(30)19-2/h3,8-15,17-18,24-25,27-29,31H,4-5H2,1-2H3,(H,19,30)(H,20,26)/t8-,9-,10-,11+,12+,13-,14-,15-,17-,18+/m1/s1. The molecular weight excluding hydrogens is 462 g/mol. The summed E-state index contributed by atoms with van der Waals surface area (Å²) in [6.07, 6.45) is -10.9. The maximum Gasteiger partial charge on any atom is 0.273 e. The summed E-state index contributed by atoms with van der Waals surface area (Å²) in [5.41, 5.74) is -0.102. The average Bonchev–Trinajstić information content (AvgIpc) is 3.28. The van der Waals surface area contributed by atoms with Crippen molar-refractivity contribution in [3.05, 3.63) is 11.9 Å². The zero-order chi connectivity index (χ0) is 25.2. The number of nitrogens with zero attached hydrogens (tertiary/aromatic N) is 3. The fourth-order valence-electron chi connectivity index (χ4n) is 3.94. The maximum atomic E-state index is 11.8. The van der Waals surface area contributed by atoms with Crippen molar-refractivity contribution in [1.82, 2.24) is 25.6 Å². The number of amides is 2. The molecule has 34 heavy (non-hydrogen) atoms. The highest BCUT2D eigenvalue weighted by atomic mass is 16.7. The van der Waals surface area contributed by atoms with Gasteiger partial charge < -0.3 is 55.5 Å². The van der Waals surface area contributed by atoms with Crippen LogP contribution in [0.15, 0.2) is 6.20 Å². The first-order chi connectivity index (χ1) is 16.1. The Morgan fingerprint density at radius 2 is 1.76 bits per heavy atom. The van der Waals surface area contributed by atoms with Crippen molar-refractivity contribution in [3.8, 4) is 0 Å². The largest absolute Gasteiger partial charge is 0.394 e. The second kappa shape index (κ2) is 11.0. The van der Waals surface area contributed by atoms with Gasteiger partial charge in [-0.2, -0.15) is 0 Å². The minimum Gasteiger partial charge on any atom is -0.394 e. The van der Waals surface area contributed by atoms with E-state index in [2.05, 4.69) is 20.9 Å². The third kappa shape index (κ3) is 5.19. The Morgan fingerprint density at radius 1 is 1.09 bits per heavy atom. The van der Waals surface area contributed by atoms with E-state index < -0.39 is 86.3 Å². The quantitative estimate of drug-likeness (QED) is 0.178. The van der Waals surface area contributed by atoms with E-state index in [1.165, 1.54) is 13.2 Å². The van der Waals surface area contributed by atoms with Gasteiger partial charge >= 0.3 is 0 Å². The van der Waals surface area contributed by atoms with E-state index in [0.29, 0.717) is 0 Å². The molecule has 2 saturated heterocycles. The van der Waals surface area contributed by atoms with Gasteiger partial charge in [0.2, 0.25) is 5.91 Å². The molecule has 3 rings (SSSR count). The van der Waals surface area contributed by atoms with Gasteiger partial charge in [-0.15, -0.1) is 5.10 Å². The predicted octanol–water partition coefficient (Wildman–Crippen LogP) is -5.42. The highest BCUT2D eigenvalue weighted by Crippen LogP contribution is 2.33. The van der Waals surface area contributed by atoms with Crippen LogP contribution in [0.25, 0.3) is 0 Å². The Bertz CT molecular complexity index is 856. The number of aliphatic hydroxyl groups is 6.